The highest BCUT2D eigenvalue weighted by atomic mass is 16.5. The van der Waals surface area contributed by atoms with Crippen LogP contribution < -0.4 is 19.9 Å². The average Bonchev–Trinajstić information content (AvgIpc) is 2.67. The lowest BCUT2D eigenvalue weighted by atomic mass is 10.1. The third-order valence-corrected chi connectivity index (χ3v) is 5.57. The van der Waals surface area contributed by atoms with Crippen LogP contribution in [0.3, 0.4) is 0 Å². The van der Waals surface area contributed by atoms with Gasteiger partial charge in [0.15, 0.2) is 6.54 Å². The highest BCUT2D eigenvalue weighted by Crippen LogP contribution is 2.17. The van der Waals surface area contributed by atoms with E-state index in [0.717, 1.165) is 49.7 Å². The Labute approximate surface area is 161 Å². The van der Waals surface area contributed by atoms with Crippen molar-refractivity contribution < 1.29 is 19.3 Å². The van der Waals surface area contributed by atoms with Crippen molar-refractivity contribution in [2.75, 3.05) is 45.2 Å². The van der Waals surface area contributed by atoms with Gasteiger partial charge in [0.25, 0.3) is 5.91 Å². The Hall–Kier alpha value is -2.37. The minimum atomic E-state index is 0.109. The number of hydrogen-bond donors (Lipinski definition) is 3. The number of benzene rings is 2. The summed E-state index contributed by atoms with van der Waals surface area (Å²) in [5, 5.41) is 3.08. The van der Waals surface area contributed by atoms with Crippen LogP contribution in [0.5, 0.6) is 5.75 Å². The Kier molecular flexibility index (Phi) is 6.48. The summed E-state index contributed by atoms with van der Waals surface area (Å²) in [6.45, 7) is 9.96. The van der Waals surface area contributed by atoms with E-state index in [1.165, 1.54) is 16.0 Å². The normalized spacial score (nSPS) is 19.5. The zero-order valence-electron chi connectivity index (χ0n) is 16.6. The van der Waals surface area contributed by atoms with Gasteiger partial charge in [-0.2, -0.15) is 0 Å². The van der Waals surface area contributed by atoms with Crippen LogP contribution in [0.25, 0.3) is 0 Å². The minimum Gasteiger partial charge on any atom is -0.497 e. The van der Waals surface area contributed by atoms with Gasteiger partial charge in [0.2, 0.25) is 0 Å². The summed E-state index contributed by atoms with van der Waals surface area (Å²) in [6.07, 6.45) is 0. The molecule has 0 atom stereocenters. The molecule has 5 heteroatoms. The number of nitrogens with one attached hydrogen (secondary N) is 3. The summed E-state index contributed by atoms with van der Waals surface area (Å²) in [5.41, 5.74) is 4.62. The van der Waals surface area contributed by atoms with Gasteiger partial charge in [-0.15, -0.1) is 0 Å². The van der Waals surface area contributed by atoms with E-state index in [9.17, 15) is 4.79 Å². The SMILES string of the molecule is COc1ccc(C[NH+]2CC[NH+](CC(=O)Nc3cccc(C)c3C)CC2)cc1. The lowest BCUT2D eigenvalue weighted by molar-refractivity contribution is -1.02. The number of methoxy groups -OCH3 is 1. The van der Waals surface area contributed by atoms with Crippen molar-refractivity contribution in [1.82, 2.24) is 0 Å². The molecule has 0 aliphatic carbocycles. The molecule has 0 unspecified atom stereocenters. The monoisotopic (exact) mass is 369 g/mol. The maximum absolute atomic E-state index is 12.4. The largest absolute Gasteiger partial charge is 0.497 e. The molecule has 0 spiro atoms. The second kappa shape index (κ2) is 9.02. The van der Waals surface area contributed by atoms with Crippen LogP contribution in [0, 0.1) is 13.8 Å². The molecule has 1 saturated heterocycles. The molecular formula is C22H31N3O2+2. The number of ether oxygens (including phenoxy) is 1. The summed E-state index contributed by atoms with van der Waals surface area (Å²) in [4.78, 5) is 15.4. The van der Waals surface area contributed by atoms with Gasteiger partial charge in [0.1, 0.15) is 38.5 Å². The first-order valence-corrected chi connectivity index (χ1v) is 9.71. The van der Waals surface area contributed by atoms with Crippen LogP contribution in [-0.2, 0) is 11.3 Å². The van der Waals surface area contributed by atoms with Crippen molar-refractivity contribution in [3.8, 4) is 5.75 Å². The molecule has 2 aromatic carbocycles. The summed E-state index contributed by atoms with van der Waals surface area (Å²) >= 11 is 0. The van der Waals surface area contributed by atoms with Gasteiger partial charge in [-0.1, -0.05) is 12.1 Å². The fourth-order valence-electron chi connectivity index (χ4n) is 3.65. The van der Waals surface area contributed by atoms with Gasteiger partial charge in [0, 0.05) is 11.3 Å². The number of quaternary nitrogens is 2. The molecule has 0 aromatic heterocycles. The van der Waals surface area contributed by atoms with Gasteiger partial charge in [-0.25, -0.2) is 0 Å². The van der Waals surface area contributed by atoms with Gasteiger partial charge >= 0.3 is 0 Å². The average molecular weight is 370 g/mol. The number of anilines is 1. The molecule has 3 N–H and O–H groups in total. The van der Waals surface area contributed by atoms with Crippen LogP contribution in [0.4, 0.5) is 5.69 Å². The maximum atomic E-state index is 12.4. The highest BCUT2D eigenvalue weighted by molar-refractivity contribution is 5.92. The van der Waals surface area contributed by atoms with Crippen molar-refractivity contribution in [2.45, 2.75) is 20.4 Å². The third kappa shape index (κ3) is 5.31. The fraction of sp³-hybridized carbons (Fsp3) is 0.409. The van der Waals surface area contributed by atoms with Crippen LogP contribution in [0.2, 0.25) is 0 Å². The second-order valence-corrected chi connectivity index (χ2v) is 7.50. The number of rotatable bonds is 6. The number of carbonyl (C=O) groups excluding carboxylic acids is 1. The molecule has 1 fully saturated rings. The van der Waals surface area contributed by atoms with Gasteiger partial charge in [-0.3, -0.25) is 4.79 Å². The zero-order valence-corrected chi connectivity index (χ0v) is 16.6. The molecule has 5 nitrogen and oxygen atoms in total. The molecule has 2 aromatic rings. The zero-order chi connectivity index (χ0) is 19.2. The molecule has 0 radical (unpaired) electrons. The number of carbonyl (C=O) groups is 1. The molecule has 1 aliphatic heterocycles. The van der Waals surface area contributed by atoms with Gasteiger partial charge in [0.05, 0.1) is 7.11 Å². The number of piperazine rings is 1. The number of aryl methyl sites for hydroxylation is 1. The van der Waals surface area contributed by atoms with E-state index in [1.807, 2.05) is 24.3 Å². The molecule has 144 valence electrons. The fourth-order valence-corrected chi connectivity index (χ4v) is 3.65. The molecule has 1 amide bonds. The van der Waals surface area contributed by atoms with E-state index in [4.69, 9.17) is 4.74 Å². The second-order valence-electron chi connectivity index (χ2n) is 7.50. The van der Waals surface area contributed by atoms with E-state index in [0.29, 0.717) is 6.54 Å². The molecular weight excluding hydrogens is 338 g/mol. The quantitative estimate of drug-likeness (QED) is 0.683. The van der Waals surface area contributed by atoms with E-state index >= 15 is 0 Å². The lowest BCUT2D eigenvalue weighted by Crippen LogP contribution is -3.28. The number of hydrogen-bond acceptors (Lipinski definition) is 2. The van der Waals surface area contributed by atoms with Crippen molar-refractivity contribution >= 4 is 11.6 Å². The molecule has 0 bridgehead atoms. The van der Waals surface area contributed by atoms with Crippen molar-refractivity contribution in [1.29, 1.82) is 0 Å². The molecule has 0 saturated carbocycles. The van der Waals surface area contributed by atoms with E-state index < -0.39 is 0 Å². The first kappa shape index (κ1) is 19.4. The Morgan fingerprint density at radius 3 is 2.33 bits per heavy atom. The Morgan fingerprint density at radius 1 is 1.00 bits per heavy atom. The third-order valence-electron chi connectivity index (χ3n) is 5.57. The Bertz CT molecular complexity index is 766. The smallest absolute Gasteiger partial charge is 0.279 e. The van der Waals surface area contributed by atoms with Crippen LogP contribution in [-0.4, -0.2) is 45.7 Å². The molecule has 27 heavy (non-hydrogen) atoms. The summed E-state index contributed by atoms with van der Waals surface area (Å²) < 4.78 is 5.22. The lowest BCUT2D eigenvalue weighted by Gasteiger charge is -2.29. The minimum absolute atomic E-state index is 0.109. The van der Waals surface area contributed by atoms with Crippen LogP contribution in [0.1, 0.15) is 16.7 Å². The predicted molar refractivity (Wildman–Crippen MR) is 108 cm³/mol. The summed E-state index contributed by atoms with van der Waals surface area (Å²) in [6, 6.07) is 14.4. The van der Waals surface area contributed by atoms with Crippen molar-refractivity contribution in [2.24, 2.45) is 0 Å². The standard InChI is InChI=1S/C22H29N3O2/c1-17-5-4-6-21(18(17)2)23-22(26)16-25-13-11-24(12-14-25)15-19-7-9-20(27-3)10-8-19/h4-10H,11-16H2,1-3H3,(H,23,26)/p+2. The first-order valence-electron chi connectivity index (χ1n) is 9.71. The van der Waals surface area contributed by atoms with E-state index in [2.05, 4.69) is 37.4 Å². The maximum Gasteiger partial charge on any atom is 0.279 e. The highest BCUT2D eigenvalue weighted by Gasteiger charge is 2.25. The summed E-state index contributed by atoms with van der Waals surface area (Å²) in [5.74, 6) is 1.01. The van der Waals surface area contributed by atoms with Crippen molar-refractivity contribution in [3.05, 3.63) is 59.2 Å². The molecule has 3 rings (SSSR count). The van der Waals surface area contributed by atoms with Crippen LogP contribution >= 0.6 is 0 Å². The molecule has 1 aliphatic rings. The topological polar surface area (TPSA) is 47.2 Å². The summed E-state index contributed by atoms with van der Waals surface area (Å²) in [7, 11) is 1.69. The first-order chi connectivity index (χ1) is 13.0. The Morgan fingerprint density at radius 2 is 1.67 bits per heavy atom. The number of amides is 1. The molecule has 1 heterocycles. The van der Waals surface area contributed by atoms with E-state index in [1.54, 1.807) is 12.0 Å². The van der Waals surface area contributed by atoms with Crippen molar-refractivity contribution in [3.63, 3.8) is 0 Å². The van der Waals surface area contributed by atoms with Gasteiger partial charge < -0.3 is 19.9 Å². The Balaban J connectivity index is 1.44. The predicted octanol–water partition coefficient (Wildman–Crippen LogP) is 0.234. The van der Waals surface area contributed by atoms with Crippen LogP contribution in [0.15, 0.2) is 42.5 Å². The van der Waals surface area contributed by atoms with Gasteiger partial charge in [-0.05, 0) is 55.3 Å². The van der Waals surface area contributed by atoms with E-state index in [-0.39, 0.29) is 5.91 Å².